The summed E-state index contributed by atoms with van der Waals surface area (Å²) in [7, 11) is 0. The zero-order chi connectivity index (χ0) is 15.9. The van der Waals surface area contributed by atoms with Gasteiger partial charge in [-0.25, -0.2) is 4.79 Å². The van der Waals surface area contributed by atoms with Gasteiger partial charge in [0.05, 0.1) is 4.92 Å². The second kappa shape index (κ2) is 7.51. The van der Waals surface area contributed by atoms with Gasteiger partial charge >= 0.3 is 5.97 Å². The number of esters is 1. The number of hydrogen-bond donors (Lipinski definition) is 0. The van der Waals surface area contributed by atoms with Crippen molar-refractivity contribution in [2.24, 2.45) is 0 Å². The summed E-state index contributed by atoms with van der Waals surface area (Å²) < 4.78 is 6.06. The minimum Gasteiger partial charge on any atom is -0.458 e. The molecule has 0 bridgehead atoms. The lowest BCUT2D eigenvalue weighted by Crippen LogP contribution is -2.00. The van der Waals surface area contributed by atoms with Crippen LogP contribution in [0.5, 0.6) is 0 Å². The van der Waals surface area contributed by atoms with Gasteiger partial charge in [-0.3, -0.25) is 10.1 Å². The van der Waals surface area contributed by atoms with Crippen molar-refractivity contribution in [2.45, 2.75) is 6.61 Å². The number of hydrogen-bond acceptors (Lipinski definition) is 4. The maximum atomic E-state index is 11.6. The average Bonchev–Trinajstić information content (AvgIpc) is 2.52. The molecule has 2 aromatic rings. The molecule has 0 N–H and O–H groups in total. The summed E-state index contributed by atoms with van der Waals surface area (Å²) in [4.78, 5) is 21.7. The molecule has 0 saturated heterocycles. The summed E-state index contributed by atoms with van der Waals surface area (Å²) in [5.41, 5.74) is 1.58. The predicted molar refractivity (Wildman–Crippen MR) is 86.1 cm³/mol. The van der Waals surface area contributed by atoms with E-state index in [-0.39, 0.29) is 12.3 Å². The molecule has 0 heterocycles. The maximum absolute atomic E-state index is 11.6. The molecule has 6 heteroatoms. The maximum Gasteiger partial charge on any atom is 0.331 e. The predicted octanol–water partition coefficient (Wildman–Crippen LogP) is 4.11. The summed E-state index contributed by atoms with van der Waals surface area (Å²) in [6.07, 6.45) is 2.84. The monoisotopic (exact) mass is 361 g/mol. The summed E-state index contributed by atoms with van der Waals surface area (Å²) in [6.45, 7) is 0.191. The summed E-state index contributed by atoms with van der Waals surface area (Å²) in [5, 5.41) is 10.5. The van der Waals surface area contributed by atoms with E-state index in [0.29, 0.717) is 5.56 Å². The fourth-order valence-electron chi connectivity index (χ4n) is 1.65. The zero-order valence-electron chi connectivity index (χ0n) is 11.4. The second-order valence-corrected chi connectivity index (χ2v) is 5.33. The zero-order valence-corrected chi connectivity index (χ0v) is 13.0. The first-order valence-corrected chi connectivity index (χ1v) is 7.17. The number of nitrogens with zero attached hydrogens (tertiary/aromatic N) is 1. The van der Waals surface area contributed by atoms with Crippen LogP contribution in [-0.2, 0) is 16.1 Å². The number of halogens is 1. The van der Waals surface area contributed by atoms with Crippen molar-refractivity contribution in [2.75, 3.05) is 0 Å². The number of non-ortho nitro benzene ring substituents is 1. The Morgan fingerprint density at radius 3 is 2.36 bits per heavy atom. The Kier molecular flexibility index (Phi) is 5.43. The first-order valence-electron chi connectivity index (χ1n) is 6.38. The molecule has 0 saturated carbocycles. The molecule has 0 aliphatic rings. The Labute approximate surface area is 135 Å². The van der Waals surface area contributed by atoms with Crippen LogP contribution in [0.1, 0.15) is 11.1 Å². The fourth-order valence-corrected chi connectivity index (χ4v) is 1.92. The van der Waals surface area contributed by atoms with Gasteiger partial charge in [0.1, 0.15) is 6.61 Å². The van der Waals surface area contributed by atoms with Gasteiger partial charge in [0.25, 0.3) is 5.69 Å². The molecular formula is C16H12BrNO4. The lowest BCUT2D eigenvalue weighted by Gasteiger charge is -2.02. The lowest BCUT2D eigenvalue weighted by molar-refractivity contribution is -0.384. The third-order valence-corrected chi connectivity index (χ3v) is 3.34. The second-order valence-electron chi connectivity index (χ2n) is 4.42. The Morgan fingerprint density at radius 1 is 1.14 bits per heavy atom. The van der Waals surface area contributed by atoms with E-state index < -0.39 is 10.9 Å². The van der Waals surface area contributed by atoms with Crippen molar-refractivity contribution >= 4 is 33.7 Å². The van der Waals surface area contributed by atoms with Crippen LogP contribution in [0.15, 0.2) is 59.1 Å². The molecule has 0 aliphatic heterocycles. The molecule has 2 aromatic carbocycles. The van der Waals surface area contributed by atoms with Crippen LogP contribution in [0, 0.1) is 10.1 Å². The SMILES string of the molecule is O=C(/C=C/c1ccc([N+](=O)[O-])cc1)OCc1ccc(Br)cc1. The van der Waals surface area contributed by atoms with Crippen molar-refractivity contribution in [3.05, 3.63) is 80.3 Å². The third-order valence-electron chi connectivity index (χ3n) is 2.81. The number of carbonyl (C=O) groups excluding carboxylic acids is 1. The highest BCUT2D eigenvalue weighted by Crippen LogP contribution is 2.13. The van der Waals surface area contributed by atoms with Crippen molar-refractivity contribution in [3.8, 4) is 0 Å². The molecule has 0 aromatic heterocycles. The number of rotatable bonds is 5. The van der Waals surface area contributed by atoms with Gasteiger partial charge in [0.2, 0.25) is 0 Å². The Bertz CT molecular complexity index is 693. The van der Waals surface area contributed by atoms with Crippen LogP contribution in [0.3, 0.4) is 0 Å². The van der Waals surface area contributed by atoms with E-state index in [9.17, 15) is 14.9 Å². The molecule has 0 fully saturated rings. The van der Waals surface area contributed by atoms with Gasteiger partial charge in [-0.15, -0.1) is 0 Å². The third kappa shape index (κ3) is 4.82. The van der Waals surface area contributed by atoms with Crippen LogP contribution >= 0.6 is 15.9 Å². The molecule has 0 amide bonds. The van der Waals surface area contributed by atoms with Gasteiger partial charge in [-0.1, -0.05) is 28.1 Å². The van der Waals surface area contributed by atoms with Crippen molar-refractivity contribution in [1.82, 2.24) is 0 Å². The summed E-state index contributed by atoms with van der Waals surface area (Å²) in [6, 6.07) is 13.4. The van der Waals surface area contributed by atoms with E-state index in [1.54, 1.807) is 18.2 Å². The lowest BCUT2D eigenvalue weighted by atomic mass is 10.2. The minimum atomic E-state index is -0.472. The Hall–Kier alpha value is -2.47. The van der Waals surface area contributed by atoms with Crippen LogP contribution < -0.4 is 0 Å². The highest BCUT2D eigenvalue weighted by atomic mass is 79.9. The molecule has 0 radical (unpaired) electrons. The highest BCUT2D eigenvalue weighted by Gasteiger charge is 2.03. The number of nitro groups is 1. The molecule has 5 nitrogen and oxygen atoms in total. The number of carbonyl (C=O) groups is 1. The first-order chi connectivity index (χ1) is 10.5. The van der Waals surface area contributed by atoms with Crippen molar-refractivity contribution in [3.63, 3.8) is 0 Å². The molecular weight excluding hydrogens is 350 g/mol. The van der Waals surface area contributed by atoms with Gasteiger partial charge < -0.3 is 4.74 Å². The van der Waals surface area contributed by atoms with E-state index in [2.05, 4.69) is 15.9 Å². The van der Waals surface area contributed by atoms with E-state index in [1.807, 2.05) is 24.3 Å². The normalized spacial score (nSPS) is 10.6. The molecule has 2 rings (SSSR count). The van der Waals surface area contributed by atoms with Gasteiger partial charge in [-0.2, -0.15) is 0 Å². The van der Waals surface area contributed by atoms with E-state index >= 15 is 0 Å². The number of nitro benzene ring substituents is 1. The van der Waals surface area contributed by atoms with E-state index in [0.717, 1.165) is 10.0 Å². The smallest absolute Gasteiger partial charge is 0.331 e. The van der Waals surface area contributed by atoms with Crippen molar-refractivity contribution in [1.29, 1.82) is 0 Å². The molecule has 22 heavy (non-hydrogen) atoms. The molecule has 0 spiro atoms. The summed E-state index contributed by atoms with van der Waals surface area (Å²) >= 11 is 3.33. The van der Waals surface area contributed by atoms with Gasteiger partial charge in [0, 0.05) is 22.7 Å². The molecule has 112 valence electrons. The Morgan fingerprint density at radius 2 is 1.77 bits per heavy atom. The largest absolute Gasteiger partial charge is 0.458 e. The van der Waals surface area contributed by atoms with Gasteiger partial charge in [-0.05, 0) is 41.5 Å². The molecule has 0 aliphatic carbocycles. The number of benzene rings is 2. The van der Waals surface area contributed by atoms with Crippen LogP contribution in [0.2, 0.25) is 0 Å². The number of ether oxygens (including phenoxy) is 1. The Balaban J connectivity index is 1.88. The standard InChI is InChI=1S/C16H12BrNO4/c17-14-6-1-13(2-7-14)11-22-16(19)10-5-12-3-8-15(9-4-12)18(20)21/h1-10H,11H2/b10-5+. The average molecular weight is 362 g/mol. The topological polar surface area (TPSA) is 69.4 Å². The quantitative estimate of drug-likeness (QED) is 0.347. The van der Waals surface area contributed by atoms with Crippen LogP contribution in [0.25, 0.3) is 6.08 Å². The first kappa shape index (κ1) is 15.9. The minimum absolute atomic E-state index is 0.00923. The molecule has 0 atom stereocenters. The van der Waals surface area contributed by atoms with Crippen LogP contribution in [-0.4, -0.2) is 10.9 Å². The van der Waals surface area contributed by atoms with Crippen LogP contribution in [0.4, 0.5) is 5.69 Å². The molecule has 0 unspecified atom stereocenters. The van der Waals surface area contributed by atoms with E-state index in [1.165, 1.54) is 18.2 Å². The highest BCUT2D eigenvalue weighted by molar-refractivity contribution is 9.10. The van der Waals surface area contributed by atoms with Gasteiger partial charge in [0.15, 0.2) is 0 Å². The van der Waals surface area contributed by atoms with E-state index in [4.69, 9.17) is 4.74 Å². The van der Waals surface area contributed by atoms with Crippen molar-refractivity contribution < 1.29 is 14.5 Å². The summed E-state index contributed by atoms with van der Waals surface area (Å²) in [5.74, 6) is -0.471. The fraction of sp³-hybridized carbons (Fsp3) is 0.0625.